The maximum absolute atomic E-state index is 5.33. The van der Waals surface area contributed by atoms with Crippen LogP contribution in [-0.4, -0.2) is 49.8 Å². The van der Waals surface area contributed by atoms with Gasteiger partial charge in [0.15, 0.2) is 0 Å². The van der Waals surface area contributed by atoms with E-state index >= 15 is 0 Å². The molecule has 0 aliphatic carbocycles. The van der Waals surface area contributed by atoms with Crippen molar-refractivity contribution in [2.45, 2.75) is 45.7 Å². The monoisotopic (exact) mass is 214 g/mol. The van der Waals surface area contributed by atoms with Crippen LogP contribution in [-0.2, 0) is 4.74 Å². The summed E-state index contributed by atoms with van der Waals surface area (Å²) >= 11 is 0. The minimum atomic E-state index is 0.789. The summed E-state index contributed by atoms with van der Waals surface area (Å²) in [6.45, 7) is 11.5. The van der Waals surface area contributed by atoms with Gasteiger partial charge in [0.05, 0.1) is 0 Å². The van der Waals surface area contributed by atoms with Crippen molar-refractivity contribution >= 4 is 0 Å². The van der Waals surface area contributed by atoms with Crippen LogP contribution in [0.3, 0.4) is 0 Å². The number of hydrogen-bond acceptors (Lipinski definition) is 3. The lowest BCUT2D eigenvalue weighted by molar-refractivity contribution is 0.126. The summed E-state index contributed by atoms with van der Waals surface area (Å²) < 4.78 is 5.33. The van der Waals surface area contributed by atoms with Gasteiger partial charge in [0.25, 0.3) is 0 Å². The van der Waals surface area contributed by atoms with Gasteiger partial charge in [-0.05, 0) is 19.8 Å². The van der Waals surface area contributed by atoms with Crippen LogP contribution in [0.2, 0.25) is 0 Å². The molecule has 2 heterocycles. The standard InChI is InChI=1S/C10H20N2O.C2H6/c1-2-13-5-3-4-12-8-9-6-10(12)7-11-9;1-2/h9-11H,2-8H2,1H3;1-2H3. The summed E-state index contributed by atoms with van der Waals surface area (Å²) in [5, 5.41) is 3.51. The molecule has 0 radical (unpaired) electrons. The highest BCUT2D eigenvalue weighted by atomic mass is 16.5. The molecule has 3 nitrogen and oxygen atoms in total. The van der Waals surface area contributed by atoms with E-state index < -0.39 is 0 Å². The molecule has 0 aromatic carbocycles. The van der Waals surface area contributed by atoms with Gasteiger partial charge < -0.3 is 10.1 Å². The van der Waals surface area contributed by atoms with Crippen LogP contribution in [0.25, 0.3) is 0 Å². The fourth-order valence-electron chi connectivity index (χ4n) is 2.44. The zero-order valence-corrected chi connectivity index (χ0v) is 10.5. The van der Waals surface area contributed by atoms with Crippen molar-refractivity contribution in [2.75, 3.05) is 32.8 Å². The van der Waals surface area contributed by atoms with E-state index in [9.17, 15) is 0 Å². The third kappa shape index (κ3) is 3.74. The quantitative estimate of drug-likeness (QED) is 0.702. The van der Waals surface area contributed by atoms with Crippen LogP contribution in [0.15, 0.2) is 0 Å². The van der Waals surface area contributed by atoms with Crippen molar-refractivity contribution < 1.29 is 4.74 Å². The molecule has 1 N–H and O–H groups in total. The number of likely N-dealkylation sites (tertiary alicyclic amines) is 1. The van der Waals surface area contributed by atoms with E-state index in [0.29, 0.717) is 0 Å². The molecule has 0 saturated carbocycles. The zero-order chi connectivity index (χ0) is 11.1. The van der Waals surface area contributed by atoms with Crippen LogP contribution in [0.4, 0.5) is 0 Å². The highest BCUT2D eigenvalue weighted by Crippen LogP contribution is 2.22. The van der Waals surface area contributed by atoms with E-state index in [-0.39, 0.29) is 0 Å². The first-order valence-electron chi connectivity index (χ1n) is 6.45. The number of fused-ring (bicyclic) bond motifs is 2. The number of hydrogen-bond donors (Lipinski definition) is 1. The molecule has 2 fully saturated rings. The van der Waals surface area contributed by atoms with Crippen LogP contribution in [0.1, 0.15) is 33.6 Å². The van der Waals surface area contributed by atoms with Crippen LogP contribution < -0.4 is 5.32 Å². The Labute approximate surface area is 94.2 Å². The first kappa shape index (κ1) is 12.9. The molecule has 0 spiro atoms. The van der Waals surface area contributed by atoms with E-state index in [4.69, 9.17) is 4.74 Å². The summed E-state index contributed by atoms with van der Waals surface area (Å²) in [5.41, 5.74) is 0. The number of rotatable bonds is 5. The van der Waals surface area contributed by atoms with Crippen LogP contribution >= 0.6 is 0 Å². The second kappa shape index (κ2) is 7.20. The number of ether oxygens (including phenoxy) is 1. The van der Waals surface area contributed by atoms with Crippen molar-refractivity contribution in [3.8, 4) is 0 Å². The van der Waals surface area contributed by atoms with Gasteiger partial charge in [-0.3, -0.25) is 4.90 Å². The third-order valence-corrected chi connectivity index (χ3v) is 3.11. The summed E-state index contributed by atoms with van der Waals surface area (Å²) in [6, 6.07) is 1.61. The van der Waals surface area contributed by atoms with Crippen LogP contribution in [0, 0.1) is 0 Å². The Morgan fingerprint density at radius 2 is 2.20 bits per heavy atom. The van der Waals surface area contributed by atoms with Crippen molar-refractivity contribution in [2.24, 2.45) is 0 Å². The predicted molar refractivity (Wildman–Crippen MR) is 64.2 cm³/mol. The van der Waals surface area contributed by atoms with Gasteiger partial charge in [-0.25, -0.2) is 0 Å². The Morgan fingerprint density at radius 1 is 1.40 bits per heavy atom. The lowest BCUT2D eigenvalue weighted by Crippen LogP contribution is -2.44. The van der Waals surface area contributed by atoms with E-state index in [1.807, 2.05) is 13.8 Å². The molecule has 3 heteroatoms. The fraction of sp³-hybridized carbons (Fsp3) is 1.00. The average Bonchev–Trinajstić information content (AvgIpc) is 2.89. The molecule has 2 aliphatic heterocycles. The first-order valence-corrected chi connectivity index (χ1v) is 6.45. The minimum Gasteiger partial charge on any atom is -0.382 e. The second-order valence-electron chi connectivity index (χ2n) is 4.04. The molecular formula is C12H26N2O. The Kier molecular flexibility index (Phi) is 6.22. The number of nitrogens with one attached hydrogen (secondary N) is 1. The van der Waals surface area contributed by atoms with Crippen molar-refractivity contribution in [1.82, 2.24) is 10.2 Å². The molecular weight excluding hydrogens is 188 g/mol. The molecule has 2 bridgehead atoms. The first-order chi connectivity index (χ1) is 7.40. The van der Waals surface area contributed by atoms with Crippen molar-refractivity contribution in [1.29, 1.82) is 0 Å². The molecule has 2 atom stereocenters. The van der Waals surface area contributed by atoms with Gasteiger partial charge in [0, 0.05) is 44.9 Å². The molecule has 2 aliphatic rings. The molecule has 90 valence electrons. The molecule has 0 aromatic heterocycles. The smallest absolute Gasteiger partial charge is 0.0478 e. The minimum absolute atomic E-state index is 0.789. The maximum Gasteiger partial charge on any atom is 0.0478 e. The van der Waals surface area contributed by atoms with Crippen molar-refractivity contribution in [3.05, 3.63) is 0 Å². The summed E-state index contributed by atoms with van der Waals surface area (Å²) in [6.07, 6.45) is 2.56. The molecule has 2 unspecified atom stereocenters. The fourth-order valence-corrected chi connectivity index (χ4v) is 2.44. The highest BCUT2D eigenvalue weighted by Gasteiger charge is 2.36. The van der Waals surface area contributed by atoms with E-state index in [0.717, 1.165) is 25.3 Å². The molecule has 2 rings (SSSR count). The third-order valence-electron chi connectivity index (χ3n) is 3.11. The zero-order valence-electron chi connectivity index (χ0n) is 10.5. The topological polar surface area (TPSA) is 24.5 Å². The van der Waals surface area contributed by atoms with Gasteiger partial charge in [-0.1, -0.05) is 13.8 Å². The van der Waals surface area contributed by atoms with E-state index in [1.54, 1.807) is 0 Å². The summed E-state index contributed by atoms with van der Waals surface area (Å²) in [5.74, 6) is 0. The van der Waals surface area contributed by atoms with Gasteiger partial charge in [0.2, 0.25) is 0 Å². The molecule has 0 amide bonds. The molecule has 0 aromatic rings. The lowest BCUT2D eigenvalue weighted by atomic mass is 10.2. The second-order valence-corrected chi connectivity index (χ2v) is 4.04. The van der Waals surface area contributed by atoms with E-state index in [1.165, 1.54) is 32.5 Å². The van der Waals surface area contributed by atoms with Crippen LogP contribution in [0.5, 0.6) is 0 Å². The van der Waals surface area contributed by atoms with Crippen molar-refractivity contribution in [3.63, 3.8) is 0 Å². The average molecular weight is 214 g/mol. The Morgan fingerprint density at radius 3 is 2.73 bits per heavy atom. The largest absolute Gasteiger partial charge is 0.382 e. The SMILES string of the molecule is CC.CCOCCCN1CC2CC1CN2. The Bertz CT molecular complexity index is 164. The Hall–Kier alpha value is -0.120. The molecule has 2 saturated heterocycles. The number of piperazine rings is 1. The molecule has 15 heavy (non-hydrogen) atoms. The summed E-state index contributed by atoms with van der Waals surface area (Å²) in [4.78, 5) is 2.61. The number of nitrogens with zero attached hydrogens (tertiary/aromatic N) is 1. The van der Waals surface area contributed by atoms with E-state index in [2.05, 4.69) is 17.1 Å². The predicted octanol–water partition coefficient (Wildman–Crippen LogP) is 1.49. The lowest BCUT2D eigenvalue weighted by Gasteiger charge is -2.26. The Balaban J connectivity index is 0.000000531. The van der Waals surface area contributed by atoms with Gasteiger partial charge >= 0.3 is 0 Å². The van der Waals surface area contributed by atoms with Gasteiger partial charge in [-0.2, -0.15) is 0 Å². The summed E-state index contributed by atoms with van der Waals surface area (Å²) in [7, 11) is 0. The van der Waals surface area contributed by atoms with Gasteiger partial charge in [0.1, 0.15) is 0 Å². The normalized spacial score (nSPS) is 29.0. The maximum atomic E-state index is 5.33. The highest BCUT2D eigenvalue weighted by molar-refractivity contribution is 4.96. The van der Waals surface area contributed by atoms with Gasteiger partial charge in [-0.15, -0.1) is 0 Å².